The molecule has 1 aromatic carbocycles. The lowest BCUT2D eigenvalue weighted by molar-refractivity contribution is 0.598. The Kier molecular flexibility index (Phi) is 4.03. The van der Waals surface area contributed by atoms with Crippen LogP contribution in [0.1, 0.15) is 19.8 Å². The molecule has 0 spiro atoms. The zero-order valence-electron chi connectivity index (χ0n) is 9.05. The largest absolute Gasteiger partial charge is 0.387 e. The molecule has 0 aliphatic carbocycles. The fourth-order valence-electron chi connectivity index (χ4n) is 1.21. The standard InChI is InChI=1S/C10H15N3O2S/c1-2-4-10(11)13-8-5-3-6-9(7-8)16(12,14)15/h3,5-7H,2,4H2,1H3,(H2,11,13)(H2,12,14,15). The highest BCUT2D eigenvalue weighted by Gasteiger charge is 2.07. The molecule has 0 saturated heterocycles. The third-order valence-corrected chi connectivity index (χ3v) is 2.84. The van der Waals surface area contributed by atoms with Crippen LogP contribution in [0.5, 0.6) is 0 Å². The zero-order valence-corrected chi connectivity index (χ0v) is 9.87. The van der Waals surface area contributed by atoms with Crippen molar-refractivity contribution in [1.82, 2.24) is 0 Å². The lowest BCUT2D eigenvalue weighted by Gasteiger charge is -2.01. The molecule has 16 heavy (non-hydrogen) atoms. The average molecular weight is 241 g/mol. The number of amidine groups is 1. The monoisotopic (exact) mass is 241 g/mol. The molecule has 6 heteroatoms. The Balaban J connectivity index is 3.05. The number of nitrogens with two attached hydrogens (primary N) is 2. The van der Waals surface area contributed by atoms with Gasteiger partial charge in [0.15, 0.2) is 0 Å². The molecule has 0 aliphatic heterocycles. The molecule has 0 radical (unpaired) electrons. The third-order valence-electron chi connectivity index (χ3n) is 1.92. The van der Waals surface area contributed by atoms with Crippen molar-refractivity contribution in [1.29, 1.82) is 0 Å². The van der Waals surface area contributed by atoms with Gasteiger partial charge >= 0.3 is 0 Å². The fraction of sp³-hybridized carbons (Fsp3) is 0.300. The summed E-state index contributed by atoms with van der Waals surface area (Å²) in [6.07, 6.45) is 1.57. The molecular formula is C10H15N3O2S. The average Bonchev–Trinajstić information content (AvgIpc) is 2.17. The van der Waals surface area contributed by atoms with Gasteiger partial charge in [0.2, 0.25) is 10.0 Å². The van der Waals surface area contributed by atoms with Crippen molar-refractivity contribution in [3.8, 4) is 0 Å². The van der Waals surface area contributed by atoms with E-state index >= 15 is 0 Å². The lowest BCUT2D eigenvalue weighted by Crippen LogP contribution is -2.12. The highest BCUT2D eigenvalue weighted by molar-refractivity contribution is 7.89. The van der Waals surface area contributed by atoms with Crippen LogP contribution in [0.3, 0.4) is 0 Å². The van der Waals surface area contributed by atoms with Crippen LogP contribution in [0, 0.1) is 0 Å². The maximum absolute atomic E-state index is 11.1. The lowest BCUT2D eigenvalue weighted by atomic mass is 10.3. The first-order valence-electron chi connectivity index (χ1n) is 4.89. The normalized spacial score (nSPS) is 12.8. The van der Waals surface area contributed by atoms with E-state index in [1.54, 1.807) is 12.1 Å². The zero-order chi connectivity index (χ0) is 12.2. The van der Waals surface area contributed by atoms with Crippen molar-refractivity contribution in [2.45, 2.75) is 24.7 Å². The number of nitrogens with zero attached hydrogens (tertiary/aromatic N) is 1. The number of sulfonamides is 1. The highest BCUT2D eigenvalue weighted by atomic mass is 32.2. The van der Waals surface area contributed by atoms with Crippen molar-refractivity contribution in [2.24, 2.45) is 15.9 Å². The molecule has 0 saturated carbocycles. The van der Waals surface area contributed by atoms with E-state index < -0.39 is 10.0 Å². The Morgan fingerprint density at radius 3 is 2.69 bits per heavy atom. The number of rotatable bonds is 4. The van der Waals surface area contributed by atoms with Gasteiger partial charge in [-0.05, 0) is 24.6 Å². The van der Waals surface area contributed by atoms with Gasteiger partial charge in [-0.2, -0.15) is 0 Å². The van der Waals surface area contributed by atoms with Crippen LogP contribution in [0.25, 0.3) is 0 Å². The molecule has 0 atom stereocenters. The van der Waals surface area contributed by atoms with Gasteiger partial charge in [0.25, 0.3) is 0 Å². The second-order valence-corrected chi connectivity index (χ2v) is 4.96. The van der Waals surface area contributed by atoms with E-state index in [1.165, 1.54) is 12.1 Å². The second kappa shape index (κ2) is 5.09. The summed E-state index contributed by atoms with van der Waals surface area (Å²) in [4.78, 5) is 4.14. The van der Waals surface area contributed by atoms with Crippen LogP contribution >= 0.6 is 0 Å². The van der Waals surface area contributed by atoms with E-state index in [0.29, 0.717) is 17.9 Å². The van der Waals surface area contributed by atoms with Crippen molar-refractivity contribution in [3.63, 3.8) is 0 Å². The number of hydrogen-bond acceptors (Lipinski definition) is 3. The summed E-state index contributed by atoms with van der Waals surface area (Å²) in [7, 11) is -3.68. The molecule has 4 N–H and O–H groups in total. The van der Waals surface area contributed by atoms with Crippen LogP contribution in [0.15, 0.2) is 34.2 Å². The molecule has 0 amide bonds. The topological polar surface area (TPSA) is 98.5 Å². The van der Waals surface area contributed by atoms with Gasteiger partial charge in [-0.3, -0.25) is 0 Å². The second-order valence-electron chi connectivity index (χ2n) is 3.40. The van der Waals surface area contributed by atoms with E-state index in [2.05, 4.69) is 4.99 Å². The fourth-order valence-corrected chi connectivity index (χ4v) is 1.76. The molecule has 0 bridgehead atoms. The van der Waals surface area contributed by atoms with Gasteiger partial charge in [-0.25, -0.2) is 18.5 Å². The summed E-state index contributed by atoms with van der Waals surface area (Å²) in [5, 5.41) is 5.01. The van der Waals surface area contributed by atoms with Crippen LogP contribution in [0.4, 0.5) is 5.69 Å². The van der Waals surface area contributed by atoms with Crippen molar-refractivity contribution < 1.29 is 8.42 Å². The Hall–Kier alpha value is -1.40. The molecule has 0 aliphatic rings. The summed E-state index contributed by atoms with van der Waals surface area (Å²) in [5.41, 5.74) is 6.14. The van der Waals surface area contributed by atoms with Gasteiger partial charge in [0.1, 0.15) is 0 Å². The van der Waals surface area contributed by atoms with Crippen molar-refractivity contribution >= 4 is 21.5 Å². The maximum Gasteiger partial charge on any atom is 0.238 e. The minimum absolute atomic E-state index is 0.0399. The molecule has 88 valence electrons. The maximum atomic E-state index is 11.1. The first-order chi connectivity index (χ1) is 7.43. The van der Waals surface area contributed by atoms with E-state index in [9.17, 15) is 8.42 Å². The van der Waals surface area contributed by atoms with Crippen molar-refractivity contribution in [3.05, 3.63) is 24.3 Å². The van der Waals surface area contributed by atoms with E-state index in [0.717, 1.165) is 6.42 Å². The number of primary sulfonamides is 1. The number of benzene rings is 1. The first kappa shape index (κ1) is 12.7. The SMILES string of the molecule is CCCC(N)=Nc1cccc(S(N)(=O)=O)c1. The molecular weight excluding hydrogens is 226 g/mol. The Labute approximate surface area is 95.2 Å². The van der Waals surface area contributed by atoms with Crippen LogP contribution < -0.4 is 10.9 Å². The van der Waals surface area contributed by atoms with Gasteiger partial charge < -0.3 is 5.73 Å². The summed E-state index contributed by atoms with van der Waals surface area (Å²) in [5.74, 6) is 0.481. The van der Waals surface area contributed by atoms with E-state index in [4.69, 9.17) is 10.9 Å². The smallest absolute Gasteiger partial charge is 0.238 e. The quantitative estimate of drug-likeness (QED) is 0.610. The number of hydrogen-bond donors (Lipinski definition) is 2. The Morgan fingerprint density at radius 2 is 2.12 bits per heavy atom. The minimum Gasteiger partial charge on any atom is -0.387 e. The Bertz CT molecular complexity index is 495. The predicted molar refractivity (Wildman–Crippen MR) is 64.0 cm³/mol. The van der Waals surface area contributed by atoms with Gasteiger partial charge in [0, 0.05) is 6.42 Å². The van der Waals surface area contributed by atoms with Crippen molar-refractivity contribution in [2.75, 3.05) is 0 Å². The summed E-state index contributed by atoms with van der Waals surface area (Å²) in [6.45, 7) is 1.99. The van der Waals surface area contributed by atoms with Crippen LogP contribution in [-0.2, 0) is 10.0 Å². The van der Waals surface area contributed by atoms with E-state index in [-0.39, 0.29) is 4.90 Å². The molecule has 5 nitrogen and oxygen atoms in total. The van der Waals surface area contributed by atoms with Crippen LogP contribution in [0.2, 0.25) is 0 Å². The molecule has 1 aromatic rings. The highest BCUT2D eigenvalue weighted by Crippen LogP contribution is 2.17. The van der Waals surface area contributed by atoms with Gasteiger partial charge in [-0.1, -0.05) is 13.0 Å². The molecule has 0 fully saturated rings. The van der Waals surface area contributed by atoms with Gasteiger partial charge in [-0.15, -0.1) is 0 Å². The summed E-state index contributed by atoms with van der Waals surface area (Å²) in [6, 6.07) is 6.08. The summed E-state index contributed by atoms with van der Waals surface area (Å²) >= 11 is 0. The molecule has 0 heterocycles. The summed E-state index contributed by atoms with van der Waals surface area (Å²) < 4.78 is 22.2. The third kappa shape index (κ3) is 3.63. The predicted octanol–water partition coefficient (Wildman–Crippen LogP) is 1.12. The Morgan fingerprint density at radius 1 is 1.44 bits per heavy atom. The molecule has 1 rings (SSSR count). The number of aliphatic imine (C=N–C) groups is 1. The minimum atomic E-state index is -3.68. The molecule has 0 aromatic heterocycles. The van der Waals surface area contributed by atoms with Crippen LogP contribution in [-0.4, -0.2) is 14.3 Å². The van der Waals surface area contributed by atoms with Gasteiger partial charge in [0.05, 0.1) is 16.4 Å². The van der Waals surface area contributed by atoms with E-state index in [1.807, 2.05) is 6.92 Å². The first-order valence-corrected chi connectivity index (χ1v) is 6.44. The molecule has 0 unspecified atom stereocenters.